The van der Waals surface area contributed by atoms with Crippen molar-refractivity contribution < 1.29 is 24.2 Å². The highest BCUT2D eigenvalue weighted by molar-refractivity contribution is 5.80. The summed E-state index contributed by atoms with van der Waals surface area (Å²) in [5.74, 6) is -0.894. The van der Waals surface area contributed by atoms with Gasteiger partial charge in [0, 0.05) is 25.2 Å². The van der Waals surface area contributed by atoms with E-state index in [1.807, 2.05) is 24.3 Å². The van der Waals surface area contributed by atoms with Crippen LogP contribution in [-0.4, -0.2) is 43.0 Å². The Morgan fingerprint density at radius 2 is 1.66 bits per heavy atom. The van der Waals surface area contributed by atoms with Gasteiger partial charge in [0.2, 0.25) is 0 Å². The average Bonchev–Trinajstić information content (AvgIpc) is 3.25. The van der Waals surface area contributed by atoms with Crippen LogP contribution in [-0.2, 0) is 14.3 Å². The summed E-state index contributed by atoms with van der Waals surface area (Å²) in [6, 6.07) is 15.9. The van der Waals surface area contributed by atoms with Crippen molar-refractivity contribution in [1.82, 2.24) is 5.32 Å². The number of carbonyl (C=O) groups is 2. The third kappa shape index (κ3) is 3.47. The quantitative estimate of drug-likeness (QED) is 0.735. The number of rotatable bonds is 4. The normalized spacial score (nSPS) is 25.8. The molecule has 6 nitrogen and oxygen atoms in total. The summed E-state index contributed by atoms with van der Waals surface area (Å²) in [5, 5.41) is 12.9. The van der Waals surface area contributed by atoms with Crippen molar-refractivity contribution in [3.05, 3.63) is 59.7 Å². The molecule has 2 fully saturated rings. The van der Waals surface area contributed by atoms with Crippen molar-refractivity contribution in [3.8, 4) is 11.1 Å². The Bertz CT molecular complexity index is 999. The number of carbonyl (C=O) groups excluding carboxylic acids is 1. The number of amides is 1. The zero-order chi connectivity index (χ0) is 22.3. The van der Waals surface area contributed by atoms with Gasteiger partial charge in [0.15, 0.2) is 0 Å². The number of carboxylic acids is 1. The number of carboxylic acid groups (broad SMARTS) is 1. The molecule has 1 aliphatic heterocycles. The van der Waals surface area contributed by atoms with E-state index >= 15 is 0 Å². The first kappa shape index (κ1) is 21.0. The molecule has 1 spiro atoms. The Morgan fingerprint density at radius 1 is 1.06 bits per heavy atom. The number of benzene rings is 2. The third-order valence-corrected chi connectivity index (χ3v) is 7.83. The second-order valence-electron chi connectivity index (χ2n) is 9.74. The van der Waals surface area contributed by atoms with Gasteiger partial charge in [0.05, 0.1) is 5.41 Å². The van der Waals surface area contributed by atoms with Crippen molar-refractivity contribution in [2.24, 2.45) is 10.8 Å². The number of ether oxygens (including phenoxy) is 2. The van der Waals surface area contributed by atoms with Crippen LogP contribution < -0.4 is 5.32 Å². The molecule has 3 aliphatic rings. The molecule has 2 unspecified atom stereocenters. The summed E-state index contributed by atoms with van der Waals surface area (Å²) in [5.41, 5.74) is 3.55. The van der Waals surface area contributed by atoms with Gasteiger partial charge in [-0.25, -0.2) is 4.79 Å². The molecule has 1 saturated carbocycles. The van der Waals surface area contributed by atoms with E-state index < -0.39 is 23.5 Å². The summed E-state index contributed by atoms with van der Waals surface area (Å²) in [6.07, 6.45) is 2.31. The molecule has 0 aromatic heterocycles. The van der Waals surface area contributed by atoms with E-state index in [1.165, 1.54) is 11.1 Å². The van der Waals surface area contributed by atoms with Crippen LogP contribution in [0.4, 0.5) is 4.79 Å². The Morgan fingerprint density at radius 3 is 2.25 bits per heavy atom. The molecule has 0 radical (unpaired) electrons. The lowest BCUT2D eigenvalue weighted by atomic mass is 9.75. The van der Waals surface area contributed by atoms with Crippen LogP contribution in [0.1, 0.15) is 49.7 Å². The Labute approximate surface area is 187 Å². The maximum Gasteiger partial charge on any atom is 0.407 e. The largest absolute Gasteiger partial charge is 0.481 e. The van der Waals surface area contributed by atoms with Crippen molar-refractivity contribution in [3.63, 3.8) is 0 Å². The highest BCUT2D eigenvalue weighted by Crippen LogP contribution is 2.54. The standard InChI is InChI=1S/C26H29NO5/c1-25(23(28)29)16-26(10-12-31-13-11-26)14-22(25)27-24(30)32-15-21-19-8-4-2-6-17(19)18-7-3-5-9-20(18)21/h2-9,21-22H,10-16H2,1H3,(H,27,30)(H,28,29). The van der Waals surface area contributed by atoms with Crippen LogP contribution in [0.3, 0.4) is 0 Å². The number of hydrogen-bond acceptors (Lipinski definition) is 4. The maximum atomic E-state index is 12.8. The monoisotopic (exact) mass is 435 g/mol. The fourth-order valence-electron chi connectivity index (χ4n) is 6.04. The lowest BCUT2D eigenvalue weighted by molar-refractivity contribution is -0.149. The van der Waals surface area contributed by atoms with E-state index in [-0.39, 0.29) is 17.9 Å². The molecule has 2 atom stereocenters. The number of alkyl carbamates (subject to hydrolysis) is 1. The van der Waals surface area contributed by atoms with Crippen LogP contribution in [0.15, 0.2) is 48.5 Å². The smallest absolute Gasteiger partial charge is 0.407 e. The molecule has 1 saturated heterocycles. The maximum absolute atomic E-state index is 12.8. The van der Waals surface area contributed by atoms with Crippen LogP contribution in [0.2, 0.25) is 0 Å². The zero-order valence-electron chi connectivity index (χ0n) is 18.3. The van der Waals surface area contributed by atoms with Crippen LogP contribution in [0, 0.1) is 10.8 Å². The van der Waals surface area contributed by atoms with Crippen molar-refractivity contribution in [1.29, 1.82) is 0 Å². The molecule has 1 amide bonds. The second-order valence-corrected chi connectivity index (χ2v) is 9.74. The molecule has 6 heteroatoms. The average molecular weight is 436 g/mol. The van der Waals surface area contributed by atoms with Gasteiger partial charge in [-0.15, -0.1) is 0 Å². The summed E-state index contributed by atoms with van der Waals surface area (Å²) >= 11 is 0. The van der Waals surface area contributed by atoms with E-state index in [9.17, 15) is 14.7 Å². The number of hydrogen-bond donors (Lipinski definition) is 2. The number of fused-ring (bicyclic) bond motifs is 3. The minimum absolute atomic E-state index is 0.0237. The van der Waals surface area contributed by atoms with Crippen LogP contribution in [0.25, 0.3) is 11.1 Å². The van der Waals surface area contributed by atoms with E-state index in [2.05, 4.69) is 29.6 Å². The molecule has 168 valence electrons. The summed E-state index contributed by atoms with van der Waals surface area (Å²) in [4.78, 5) is 25.0. The summed E-state index contributed by atoms with van der Waals surface area (Å²) < 4.78 is 11.2. The van der Waals surface area contributed by atoms with Gasteiger partial charge in [-0.05, 0) is 60.3 Å². The number of nitrogens with one attached hydrogen (secondary N) is 1. The van der Waals surface area contributed by atoms with E-state index in [0.717, 1.165) is 24.0 Å². The minimum Gasteiger partial charge on any atom is -0.481 e. The molecule has 2 N–H and O–H groups in total. The van der Waals surface area contributed by atoms with Crippen LogP contribution >= 0.6 is 0 Å². The van der Waals surface area contributed by atoms with Gasteiger partial charge in [0.25, 0.3) is 0 Å². The van der Waals surface area contributed by atoms with Crippen molar-refractivity contribution in [2.75, 3.05) is 19.8 Å². The fraction of sp³-hybridized carbons (Fsp3) is 0.462. The van der Waals surface area contributed by atoms with Gasteiger partial charge in [0.1, 0.15) is 6.61 Å². The first-order valence-electron chi connectivity index (χ1n) is 11.3. The zero-order valence-corrected chi connectivity index (χ0v) is 18.3. The molecule has 0 bridgehead atoms. The number of aliphatic carboxylic acids is 1. The van der Waals surface area contributed by atoms with Gasteiger partial charge < -0.3 is 19.9 Å². The summed E-state index contributed by atoms with van der Waals surface area (Å²) in [6.45, 7) is 3.25. The van der Waals surface area contributed by atoms with Crippen molar-refractivity contribution >= 4 is 12.1 Å². The van der Waals surface area contributed by atoms with E-state index in [0.29, 0.717) is 26.1 Å². The second kappa shape index (κ2) is 7.93. The van der Waals surface area contributed by atoms with Gasteiger partial charge >= 0.3 is 12.1 Å². The Kier molecular flexibility index (Phi) is 5.20. The Hall–Kier alpha value is -2.86. The minimum atomic E-state index is -1.01. The van der Waals surface area contributed by atoms with Gasteiger partial charge in [-0.3, -0.25) is 4.79 Å². The SMILES string of the molecule is CC1(C(=O)O)CC2(CCOCC2)CC1NC(=O)OCC1c2ccccc2-c2ccccc21. The molecule has 2 aromatic rings. The molecular weight excluding hydrogens is 406 g/mol. The molecule has 1 heterocycles. The lowest BCUT2D eigenvalue weighted by Crippen LogP contribution is -2.47. The third-order valence-electron chi connectivity index (χ3n) is 7.83. The topological polar surface area (TPSA) is 84.9 Å². The highest BCUT2D eigenvalue weighted by atomic mass is 16.5. The highest BCUT2D eigenvalue weighted by Gasteiger charge is 2.57. The first-order chi connectivity index (χ1) is 15.4. The molecule has 5 rings (SSSR count). The molecule has 32 heavy (non-hydrogen) atoms. The first-order valence-corrected chi connectivity index (χ1v) is 11.3. The predicted octanol–water partition coefficient (Wildman–Crippen LogP) is 4.58. The lowest BCUT2D eigenvalue weighted by Gasteiger charge is -2.34. The molecular formula is C26H29NO5. The van der Waals surface area contributed by atoms with Gasteiger partial charge in [-0.1, -0.05) is 48.5 Å². The van der Waals surface area contributed by atoms with E-state index in [4.69, 9.17) is 9.47 Å². The summed E-state index contributed by atoms with van der Waals surface area (Å²) in [7, 11) is 0. The van der Waals surface area contributed by atoms with Gasteiger partial charge in [-0.2, -0.15) is 0 Å². The van der Waals surface area contributed by atoms with Crippen molar-refractivity contribution in [2.45, 2.75) is 44.6 Å². The fourth-order valence-corrected chi connectivity index (χ4v) is 6.04. The van der Waals surface area contributed by atoms with E-state index in [1.54, 1.807) is 6.92 Å². The molecule has 2 aliphatic carbocycles. The Balaban J connectivity index is 1.29. The predicted molar refractivity (Wildman–Crippen MR) is 119 cm³/mol. The van der Waals surface area contributed by atoms with Crippen LogP contribution in [0.5, 0.6) is 0 Å². The molecule has 2 aromatic carbocycles.